The van der Waals surface area contributed by atoms with Crippen LogP contribution in [-0.4, -0.2) is 9.38 Å². The van der Waals surface area contributed by atoms with Crippen LogP contribution in [0.15, 0.2) is 29.1 Å². The number of nitrogen functional groups attached to an aromatic ring is 1. The molecule has 0 aromatic carbocycles. The maximum Gasteiger partial charge on any atom is 0.150 e. The molecule has 56 valence electrons. The molecule has 0 aliphatic heterocycles. The lowest BCUT2D eigenvalue weighted by Crippen LogP contribution is -1.86. The minimum Gasteiger partial charge on any atom is -0.382 e. The van der Waals surface area contributed by atoms with E-state index in [4.69, 9.17) is 5.73 Å². The maximum atomic E-state index is 5.62. The van der Waals surface area contributed by atoms with Gasteiger partial charge in [0.05, 0.1) is 0 Å². The molecule has 2 aromatic heterocycles. The van der Waals surface area contributed by atoms with Crippen LogP contribution >= 0.6 is 15.9 Å². The Hall–Kier alpha value is -1.03. The van der Waals surface area contributed by atoms with Crippen LogP contribution in [-0.2, 0) is 0 Å². The van der Waals surface area contributed by atoms with E-state index < -0.39 is 0 Å². The summed E-state index contributed by atoms with van der Waals surface area (Å²) in [7, 11) is 0. The number of nitrogens with zero attached hydrogens (tertiary/aromatic N) is 2. The first-order valence-electron chi connectivity index (χ1n) is 3.15. The standard InChI is InChI=1S/C7H6BrN3/c8-5-2-1-3-11-4-10-7(9)6(5)11/h1-4H,9H2. The van der Waals surface area contributed by atoms with E-state index in [1.54, 1.807) is 6.33 Å². The van der Waals surface area contributed by atoms with Crippen molar-refractivity contribution in [2.45, 2.75) is 0 Å². The van der Waals surface area contributed by atoms with Gasteiger partial charge in [0.1, 0.15) is 11.8 Å². The summed E-state index contributed by atoms with van der Waals surface area (Å²) >= 11 is 3.39. The molecule has 0 radical (unpaired) electrons. The van der Waals surface area contributed by atoms with Gasteiger partial charge in [0.2, 0.25) is 0 Å². The van der Waals surface area contributed by atoms with Crippen molar-refractivity contribution in [3.63, 3.8) is 0 Å². The van der Waals surface area contributed by atoms with Gasteiger partial charge >= 0.3 is 0 Å². The molecule has 0 fully saturated rings. The van der Waals surface area contributed by atoms with Gasteiger partial charge < -0.3 is 10.1 Å². The van der Waals surface area contributed by atoms with Crippen molar-refractivity contribution in [1.29, 1.82) is 0 Å². The van der Waals surface area contributed by atoms with Crippen molar-refractivity contribution in [3.05, 3.63) is 29.1 Å². The molecular formula is C7H6BrN3. The zero-order valence-corrected chi connectivity index (χ0v) is 7.25. The Bertz CT molecular complexity index is 393. The van der Waals surface area contributed by atoms with Crippen LogP contribution in [0.25, 0.3) is 5.52 Å². The maximum absolute atomic E-state index is 5.62. The molecule has 0 spiro atoms. The molecule has 2 rings (SSSR count). The molecule has 2 heterocycles. The van der Waals surface area contributed by atoms with Crippen LogP contribution in [0.3, 0.4) is 0 Å². The summed E-state index contributed by atoms with van der Waals surface area (Å²) in [6.07, 6.45) is 3.60. The first-order valence-corrected chi connectivity index (χ1v) is 3.95. The summed E-state index contributed by atoms with van der Waals surface area (Å²) in [6.45, 7) is 0. The number of anilines is 1. The second-order valence-corrected chi connectivity index (χ2v) is 3.10. The topological polar surface area (TPSA) is 43.3 Å². The van der Waals surface area contributed by atoms with E-state index in [0.29, 0.717) is 5.82 Å². The third-order valence-corrected chi connectivity index (χ3v) is 2.18. The summed E-state index contributed by atoms with van der Waals surface area (Å²) in [4.78, 5) is 3.97. The molecule has 2 N–H and O–H groups in total. The van der Waals surface area contributed by atoms with Gasteiger partial charge in [-0.15, -0.1) is 0 Å². The minimum absolute atomic E-state index is 0.553. The van der Waals surface area contributed by atoms with E-state index in [-0.39, 0.29) is 0 Å². The first-order chi connectivity index (χ1) is 5.29. The fraction of sp³-hybridized carbons (Fsp3) is 0. The summed E-state index contributed by atoms with van der Waals surface area (Å²) in [5.41, 5.74) is 6.54. The highest BCUT2D eigenvalue weighted by Crippen LogP contribution is 2.21. The van der Waals surface area contributed by atoms with Gasteiger partial charge in [-0.05, 0) is 28.1 Å². The third-order valence-electron chi connectivity index (χ3n) is 1.54. The number of hydrogen-bond donors (Lipinski definition) is 1. The number of fused-ring (bicyclic) bond motifs is 1. The highest BCUT2D eigenvalue weighted by Gasteiger charge is 2.02. The van der Waals surface area contributed by atoms with E-state index in [1.807, 2.05) is 22.7 Å². The largest absolute Gasteiger partial charge is 0.382 e. The Morgan fingerprint density at radius 3 is 3.09 bits per heavy atom. The highest BCUT2D eigenvalue weighted by molar-refractivity contribution is 9.10. The molecule has 0 saturated carbocycles. The fourth-order valence-electron chi connectivity index (χ4n) is 1.03. The molecule has 0 aliphatic rings. The van der Waals surface area contributed by atoms with Crippen LogP contribution in [0.4, 0.5) is 5.82 Å². The van der Waals surface area contributed by atoms with Crippen LogP contribution in [0.1, 0.15) is 0 Å². The Morgan fingerprint density at radius 2 is 2.36 bits per heavy atom. The number of nitrogens with two attached hydrogens (primary N) is 1. The molecule has 11 heavy (non-hydrogen) atoms. The van der Waals surface area contributed by atoms with Gasteiger partial charge in [-0.2, -0.15) is 0 Å². The monoisotopic (exact) mass is 211 g/mol. The summed E-state index contributed by atoms with van der Waals surface area (Å²) < 4.78 is 2.84. The summed E-state index contributed by atoms with van der Waals surface area (Å²) in [5.74, 6) is 0.553. The predicted molar refractivity (Wildman–Crippen MR) is 47.3 cm³/mol. The molecule has 4 heteroatoms. The van der Waals surface area contributed by atoms with E-state index in [2.05, 4.69) is 20.9 Å². The lowest BCUT2D eigenvalue weighted by molar-refractivity contribution is 1.15. The van der Waals surface area contributed by atoms with Gasteiger partial charge in [0.25, 0.3) is 0 Å². The number of halogens is 1. The van der Waals surface area contributed by atoms with Gasteiger partial charge in [-0.25, -0.2) is 4.98 Å². The average Bonchev–Trinajstić information content (AvgIpc) is 2.34. The van der Waals surface area contributed by atoms with Crippen LogP contribution in [0, 0.1) is 0 Å². The van der Waals surface area contributed by atoms with Gasteiger partial charge in [0.15, 0.2) is 5.82 Å². The van der Waals surface area contributed by atoms with Crippen LogP contribution in [0.2, 0.25) is 0 Å². The van der Waals surface area contributed by atoms with E-state index in [9.17, 15) is 0 Å². The van der Waals surface area contributed by atoms with E-state index in [1.165, 1.54) is 0 Å². The molecule has 0 saturated heterocycles. The average molecular weight is 212 g/mol. The lowest BCUT2D eigenvalue weighted by Gasteiger charge is -1.95. The molecule has 0 unspecified atom stereocenters. The van der Waals surface area contributed by atoms with Crippen molar-refractivity contribution >= 4 is 27.3 Å². The quantitative estimate of drug-likeness (QED) is 0.721. The van der Waals surface area contributed by atoms with Crippen LogP contribution in [0.5, 0.6) is 0 Å². The van der Waals surface area contributed by atoms with E-state index >= 15 is 0 Å². The van der Waals surface area contributed by atoms with Crippen LogP contribution < -0.4 is 5.73 Å². The molecule has 3 nitrogen and oxygen atoms in total. The van der Waals surface area contributed by atoms with Crippen molar-refractivity contribution in [3.8, 4) is 0 Å². The molecule has 0 amide bonds. The fourth-order valence-corrected chi connectivity index (χ4v) is 1.59. The molecular weight excluding hydrogens is 206 g/mol. The molecule has 0 bridgehead atoms. The molecule has 0 aliphatic carbocycles. The number of rotatable bonds is 0. The van der Waals surface area contributed by atoms with E-state index in [0.717, 1.165) is 9.99 Å². The lowest BCUT2D eigenvalue weighted by atomic mass is 10.4. The Morgan fingerprint density at radius 1 is 1.55 bits per heavy atom. The highest BCUT2D eigenvalue weighted by atomic mass is 79.9. The number of pyridine rings is 1. The molecule has 0 atom stereocenters. The predicted octanol–water partition coefficient (Wildman–Crippen LogP) is 1.68. The first kappa shape index (κ1) is 6.67. The SMILES string of the molecule is Nc1ncn2cccc(Br)c12. The normalized spacial score (nSPS) is 10.6. The zero-order chi connectivity index (χ0) is 7.84. The smallest absolute Gasteiger partial charge is 0.150 e. The number of hydrogen-bond acceptors (Lipinski definition) is 2. The van der Waals surface area contributed by atoms with Gasteiger partial charge in [0, 0.05) is 10.7 Å². The summed E-state index contributed by atoms with van der Waals surface area (Å²) in [5, 5.41) is 0. The second-order valence-electron chi connectivity index (χ2n) is 2.24. The Balaban J connectivity index is 2.96. The van der Waals surface area contributed by atoms with Crippen molar-refractivity contribution in [2.75, 3.05) is 5.73 Å². The zero-order valence-electron chi connectivity index (χ0n) is 5.66. The Labute approximate surface area is 72.0 Å². The van der Waals surface area contributed by atoms with Crippen molar-refractivity contribution in [1.82, 2.24) is 9.38 Å². The summed E-state index contributed by atoms with van der Waals surface area (Å²) in [6, 6.07) is 3.87. The molecule has 2 aromatic rings. The van der Waals surface area contributed by atoms with Crippen molar-refractivity contribution in [2.24, 2.45) is 0 Å². The second kappa shape index (κ2) is 2.23. The number of aromatic nitrogens is 2. The number of imidazole rings is 1. The third kappa shape index (κ3) is 0.903. The van der Waals surface area contributed by atoms with Crippen molar-refractivity contribution < 1.29 is 0 Å². The van der Waals surface area contributed by atoms with Gasteiger partial charge in [-0.3, -0.25) is 0 Å². The minimum atomic E-state index is 0.553. The Kier molecular flexibility index (Phi) is 1.35. The van der Waals surface area contributed by atoms with Gasteiger partial charge in [-0.1, -0.05) is 0 Å².